The quantitative estimate of drug-likeness (QED) is 0.603. The average molecular weight is 184 g/mol. The summed E-state index contributed by atoms with van der Waals surface area (Å²) in [5.41, 5.74) is 6.83. The van der Waals surface area contributed by atoms with Crippen molar-refractivity contribution in [3.05, 3.63) is 34.9 Å². The fourth-order valence-electron chi connectivity index (χ4n) is 0.989. The molecule has 0 unspecified atom stereocenters. The van der Waals surface area contributed by atoms with Gasteiger partial charge in [-0.25, -0.2) is 0 Å². The summed E-state index contributed by atoms with van der Waals surface area (Å²) in [4.78, 5) is 10.4. The highest BCUT2D eigenvalue weighted by molar-refractivity contribution is 5.92. The van der Waals surface area contributed by atoms with E-state index in [-0.39, 0.29) is 0 Å². The van der Waals surface area contributed by atoms with Crippen molar-refractivity contribution in [2.45, 2.75) is 6.92 Å². The van der Waals surface area contributed by atoms with Gasteiger partial charge >= 0.3 is 0 Å². The van der Waals surface area contributed by atoms with Gasteiger partial charge in [0.15, 0.2) is 0 Å². The van der Waals surface area contributed by atoms with Gasteiger partial charge in [0.05, 0.1) is 5.56 Å². The predicted octanol–water partition coefficient (Wildman–Crippen LogP) is 0.704. The molecule has 1 amide bonds. The van der Waals surface area contributed by atoms with Crippen LogP contribution in [0.1, 0.15) is 16.7 Å². The van der Waals surface area contributed by atoms with Crippen LogP contribution in [0, 0.1) is 30.1 Å². The molecule has 68 valence electrons. The van der Waals surface area contributed by atoms with Crippen LogP contribution in [0.3, 0.4) is 0 Å². The van der Waals surface area contributed by atoms with Crippen LogP contribution < -0.4 is 5.73 Å². The van der Waals surface area contributed by atoms with E-state index in [2.05, 4.69) is 11.8 Å². The molecule has 0 atom stereocenters. The van der Waals surface area contributed by atoms with Crippen molar-refractivity contribution in [3.63, 3.8) is 0 Å². The third kappa shape index (κ3) is 2.36. The third-order valence-electron chi connectivity index (χ3n) is 1.62. The molecule has 0 saturated carbocycles. The van der Waals surface area contributed by atoms with Gasteiger partial charge in [0, 0.05) is 11.5 Å². The van der Waals surface area contributed by atoms with Crippen LogP contribution in [-0.2, 0) is 4.79 Å². The van der Waals surface area contributed by atoms with Gasteiger partial charge in [-0.2, -0.15) is 5.26 Å². The standard InChI is InChI=1S/C11H8N2O/c1-8-2-3-9(4-5-11(13)14)10(6-8)7-12/h2-3,6H,1H3,(H2,13,14). The Bertz CT molecular complexity index is 472. The molecule has 1 rings (SSSR count). The SMILES string of the molecule is Cc1ccc(C#CC(N)=O)c(C#N)c1. The molecule has 0 bridgehead atoms. The summed E-state index contributed by atoms with van der Waals surface area (Å²) >= 11 is 0. The van der Waals surface area contributed by atoms with Crippen LogP contribution in [0.4, 0.5) is 0 Å². The number of rotatable bonds is 0. The fraction of sp³-hybridized carbons (Fsp3) is 0.0909. The van der Waals surface area contributed by atoms with E-state index in [1.165, 1.54) is 0 Å². The Labute approximate surface area is 82.1 Å². The summed E-state index contributed by atoms with van der Waals surface area (Å²) in [6.07, 6.45) is 0. The number of amides is 1. The topological polar surface area (TPSA) is 66.9 Å². The normalized spacial score (nSPS) is 8.29. The van der Waals surface area contributed by atoms with Crippen LogP contribution in [0.2, 0.25) is 0 Å². The molecule has 14 heavy (non-hydrogen) atoms. The molecule has 2 N–H and O–H groups in total. The average Bonchev–Trinajstić information content (AvgIpc) is 2.15. The minimum Gasteiger partial charge on any atom is -0.359 e. The van der Waals surface area contributed by atoms with Crippen molar-refractivity contribution in [2.24, 2.45) is 5.73 Å². The first-order valence-electron chi connectivity index (χ1n) is 3.95. The predicted molar refractivity (Wildman–Crippen MR) is 52.0 cm³/mol. The summed E-state index contributed by atoms with van der Waals surface area (Å²) in [6, 6.07) is 7.24. The molecule has 0 heterocycles. The Morgan fingerprint density at radius 3 is 2.71 bits per heavy atom. The van der Waals surface area contributed by atoms with Gasteiger partial charge in [0.25, 0.3) is 5.91 Å². The van der Waals surface area contributed by atoms with E-state index in [9.17, 15) is 4.79 Å². The Kier molecular flexibility index (Phi) is 2.89. The van der Waals surface area contributed by atoms with Crippen LogP contribution >= 0.6 is 0 Å². The smallest absolute Gasteiger partial charge is 0.293 e. The molecule has 1 aromatic carbocycles. The molecule has 1 aromatic rings. The number of carbonyl (C=O) groups excluding carboxylic acids is 1. The third-order valence-corrected chi connectivity index (χ3v) is 1.62. The highest BCUT2D eigenvalue weighted by Gasteiger charge is 1.98. The lowest BCUT2D eigenvalue weighted by molar-refractivity contribution is -0.112. The lowest BCUT2D eigenvalue weighted by Gasteiger charge is -1.96. The Hall–Kier alpha value is -2.26. The number of nitrogens with zero attached hydrogens (tertiary/aromatic N) is 1. The second-order valence-electron chi connectivity index (χ2n) is 2.78. The molecule has 0 aromatic heterocycles. The lowest BCUT2D eigenvalue weighted by atomic mass is 10.1. The summed E-state index contributed by atoms with van der Waals surface area (Å²) in [6.45, 7) is 1.88. The van der Waals surface area contributed by atoms with E-state index in [4.69, 9.17) is 11.0 Å². The maximum absolute atomic E-state index is 10.4. The summed E-state index contributed by atoms with van der Waals surface area (Å²) in [7, 11) is 0. The summed E-state index contributed by atoms with van der Waals surface area (Å²) in [5, 5.41) is 8.77. The number of hydrogen-bond acceptors (Lipinski definition) is 2. The van der Waals surface area contributed by atoms with Crippen molar-refractivity contribution in [1.82, 2.24) is 0 Å². The molecule has 0 aliphatic carbocycles. The van der Waals surface area contributed by atoms with Crippen molar-refractivity contribution in [3.8, 4) is 17.9 Å². The second kappa shape index (κ2) is 4.11. The molecule has 0 aliphatic heterocycles. The minimum absolute atomic E-state index is 0.457. The summed E-state index contributed by atoms with van der Waals surface area (Å²) in [5.74, 6) is 4.04. The van der Waals surface area contributed by atoms with E-state index >= 15 is 0 Å². The number of aryl methyl sites for hydroxylation is 1. The first kappa shape index (κ1) is 9.83. The molecular formula is C11H8N2O. The Morgan fingerprint density at radius 1 is 1.43 bits per heavy atom. The Morgan fingerprint density at radius 2 is 2.14 bits per heavy atom. The zero-order valence-electron chi connectivity index (χ0n) is 7.66. The maximum Gasteiger partial charge on any atom is 0.293 e. The number of nitriles is 1. The van der Waals surface area contributed by atoms with Gasteiger partial charge in [-0.15, -0.1) is 0 Å². The lowest BCUT2D eigenvalue weighted by Crippen LogP contribution is -2.06. The highest BCUT2D eigenvalue weighted by atomic mass is 16.1. The van der Waals surface area contributed by atoms with E-state index in [1.807, 2.05) is 19.1 Å². The highest BCUT2D eigenvalue weighted by Crippen LogP contribution is 2.08. The number of primary amides is 1. The van der Waals surface area contributed by atoms with Gasteiger partial charge in [-0.3, -0.25) is 4.79 Å². The largest absolute Gasteiger partial charge is 0.359 e. The second-order valence-corrected chi connectivity index (χ2v) is 2.78. The summed E-state index contributed by atoms with van der Waals surface area (Å²) < 4.78 is 0. The van der Waals surface area contributed by atoms with E-state index in [1.54, 1.807) is 12.1 Å². The van der Waals surface area contributed by atoms with Crippen LogP contribution in [0.5, 0.6) is 0 Å². The first-order chi connectivity index (χ1) is 6.63. The Balaban J connectivity index is 3.19. The van der Waals surface area contributed by atoms with Crippen molar-refractivity contribution >= 4 is 5.91 Å². The van der Waals surface area contributed by atoms with Crippen molar-refractivity contribution in [2.75, 3.05) is 0 Å². The molecular weight excluding hydrogens is 176 g/mol. The molecule has 0 radical (unpaired) electrons. The van der Waals surface area contributed by atoms with Crippen molar-refractivity contribution < 1.29 is 4.79 Å². The molecule has 0 saturated heterocycles. The molecule has 0 aliphatic rings. The zero-order valence-corrected chi connectivity index (χ0v) is 7.66. The van der Waals surface area contributed by atoms with Crippen LogP contribution in [-0.4, -0.2) is 5.91 Å². The van der Waals surface area contributed by atoms with E-state index < -0.39 is 5.91 Å². The van der Waals surface area contributed by atoms with Gasteiger partial charge < -0.3 is 5.73 Å². The van der Waals surface area contributed by atoms with E-state index in [0.29, 0.717) is 11.1 Å². The van der Waals surface area contributed by atoms with Gasteiger partial charge in [-0.05, 0) is 24.6 Å². The fourth-order valence-corrected chi connectivity index (χ4v) is 0.989. The van der Waals surface area contributed by atoms with Crippen LogP contribution in [0.25, 0.3) is 0 Å². The molecule has 3 heteroatoms. The van der Waals surface area contributed by atoms with Gasteiger partial charge in [0.1, 0.15) is 6.07 Å². The van der Waals surface area contributed by atoms with Gasteiger partial charge in [0.2, 0.25) is 0 Å². The number of benzene rings is 1. The van der Waals surface area contributed by atoms with Crippen molar-refractivity contribution in [1.29, 1.82) is 5.26 Å². The monoisotopic (exact) mass is 184 g/mol. The molecule has 3 nitrogen and oxygen atoms in total. The molecule has 0 spiro atoms. The van der Waals surface area contributed by atoms with Gasteiger partial charge in [-0.1, -0.05) is 12.0 Å². The zero-order chi connectivity index (χ0) is 10.6. The number of carbonyl (C=O) groups is 1. The number of nitrogens with two attached hydrogens (primary N) is 1. The minimum atomic E-state index is -0.700. The first-order valence-corrected chi connectivity index (χ1v) is 3.95. The number of hydrogen-bond donors (Lipinski definition) is 1. The van der Waals surface area contributed by atoms with Crippen LogP contribution in [0.15, 0.2) is 18.2 Å². The molecule has 0 fully saturated rings. The maximum atomic E-state index is 10.4. The van der Waals surface area contributed by atoms with E-state index in [0.717, 1.165) is 5.56 Å².